The van der Waals surface area contributed by atoms with Crippen LogP contribution in [0.2, 0.25) is 5.02 Å². The zero-order valence-corrected chi connectivity index (χ0v) is 21.2. The van der Waals surface area contributed by atoms with Crippen molar-refractivity contribution in [3.63, 3.8) is 0 Å². The van der Waals surface area contributed by atoms with Crippen molar-refractivity contribution >= 4 is 17.5 Å². The summed E-state index contributed by atoms with van der Waals surface area (Å²) in [4.78, 5) is 34.2. The predicted octanol–water partition coefficient (Wildman–Crippen LogP) is 2.59. The van der Waals surface area contributed by atoms with Crippen LogP contribution in [0.4, 0.5) is 13.2 Å². The number of aliphatic hydroxyl groups is 1. The molecule has 0 saturated heterocycles. The highest BCUT2D eigenvalue weighted by molar-refractivity contribution is 6.30. The van der Waals surface area contributed by atoms with Gasteiger partial charge in [0, 0.05) is 22.3 Å². The molecule has 1 atom stereocenters. The zero-order valence-electron chi connectivity index (χ0n) is 20.4. The highest BCUT2D eigenvalue weighted by Gasteiger charge is 2.40. The number of carbonyl (C=O) groups excluding carboxylic acids is 1. The Morgan fingerprint density at radius 1 is 1.18 bits per heavy atom. The van der Waals surface area contributed by atoms with Crippen molar-refractivity contribution in [2.45, 2.75) is 50.7 Å². The summed E-state index contributed by atoms with van der Waals surface area (Å²) in [5.41, 5.74) is -0.362. The molecule has 3 aromatic heterocycles. The quantitative estimate of drug-likeness (QED) is 0.337. The number of halogens is 4. The van der Waals surface area contributed by atoms with Gasteiger partial charge >= 0.3 is 11.9 Å². The molecule has 1 fully saturated rings. The molecular weight excluding hydrogens is 541 g/mol. The summed E-state index contributed by atoms with van der Waals surface area (Å²) in [7, 11) is 0. The van der Waals surface area contributed by atoms with E-state index in [1.807, 2.05) is 6.92 Å². The molecule has 2 N–H and O–H groups in total. The van der Waals surface area contributed by atoms with E-state index in [4.69, 9.17) is 11.6 Å². The van der Waals surface area contributed by atoms with Crippen LogP contribution in [-0.4, -0.2) is 62.9 Å². The first-order chi connectivity index (χ1) is 18.4. The molecule has 3 heterocycles. The lowest BCUT2D eigenvalue weighted by Crippen LogP contribution is -2.37. The molecule has 0 bridgehead atoms. The molecule has 4 aromatic rings. The largest absolute Gasteiger partial charge is 0.416 e. The third-order valence-electron chi connectivity index (χ3n) is 6.25. The molecule has 1 aliphatic rings. The van der Waals surface area contributed by atoms with E-state index < -0.39 is 24.5 Å². The Hall–Kier alpha value is -4.04. The second-order valence-electron chi connectivity index (χ2n) is 9.43. The van der Waals surface area contributed by atoms with E-state index in [1.165, 1.54) is 41.5 Å². The van der Waals surface area contributed by atoms with Gasteiger partial charge in [-0.25, -0.2) is 24.1 Å². The van der Waals surface area contributed by atoms with E-state index in [0.29, 0.717) is 16.3 Å². The normalized spacial score (nSPS) is 15.2. The minimum absolute atomic E-state index is 0.0980. The Balaban J connectivity index is 1.45. The number of benzene rings is 1. The summed E-state index contributed by atoms with van der Waals surface area (Å²) >= 11 is 5.91. The number of aliphatic hydroxyl groups excluding tert-OH is 1. The zero-order chi connectivity index (χ0) is 27.9. The molecule has 5 rings (SSSR count). The Morgan fingerprint density at radius 3 is 2.56 bits per heavy atom. The SMILES string of the molecule is CC1(NC(=O)c2ncccc2-n2cnc(Cn3nc(-c4ccc(Cl)cc4)n(CC(O)C(F)(F)F)c3=O)n2)CC1. The van der Waals surface area contributed by atoms with Gasteiger partial charge in [-0.3, -0.25) is 9.36 Å². The lowest BCUT2D eigenvalue weighted by Gasteiger charge is -2.15. The molecule has 0 radical (unpaired) electrons. The van der Waals surface area contributed by atoms with Crippen LogP contribution in [0.25, 0.3) is 17.1 Å². The van der Waals surface area contributed by atoms with Gasteiger partial charge in [-0.05, 0) is 56.2 Å². The van der Waals surface area contributed by atoms with Crippen molar-refractivity contribution in [2.24, 2.45) is 0 Å². The number of nitrogens with one attached hydrogen (secondary N) is 1. The monoisotopic (exact) mass is 562 g/mol. The maximum absolute atomic E-state index is 13.1. The Labute approximate surface area is 223 Å². The fourth-order valence-electron chi connectivity index (χ4n) is 3.82. The molecule has 0 spiro atoms. The summed E-state index contributed by atoms with van der Waals surface area (Å²) in [6, 6.07) is 9.25. The molecule has 1 unspecified atom stereocenters. The predicted molar refractivity (Wildman–Crippen MR) is 132 cm³/mol. The van der Waals surface area contributed by atoms with Crippen molar-refractivity contribution in [3.05, 3.63) is 75.9 Å². The number of hydrogen-bond acceptors (Lipinski definition) is 7. The summed E-state index contributed by atoms with van der Waals surface area (Å²) < 4.78 is 42.2. The van der Waals surface area contributed by atoms with E-state index in [1.54, 1.807) is 12.1 Å². The van der Waals surface area contributed by atoms with Gasteiger partial charge < -0.3 is 10.4 Å². The number of alkyl halides is 3. The number of carbonyl (C=O) groups is 1. The van der Waals surface area contributed by atoms with Crippen molar-refractivity contribution in [3.8, 4) is 17.1 Å². The summed E-state index contributed by atoms with van der Waals surface area (Å²) in [6.07, 6.45) is -3.18. The van der Waals surface area contributed by atoms with Gasteiger partial charge in [0.15, 0.2) is 23.4 Å². The lowest BCUT2D eigenvalue weighted by molar-refractivity contribution is -0.207. The van der Waals surface area contributed by atoms with Gasteiger partial charge in [-0.15, -0.1) is 10.2 Å². The second-order valence-corrected chi connectivity index (χ2v) is 9.87. The highest BCUT2D eigenvalue weighted by atomic mass is 35.5. The second kappa shape index (κ2) is 9.93. The van der Waals surface area contributed by atoms with Crippen molar-refractivity contribution < 1.29 is 23.1 Å². The van der Waals surface area contributed by atoms with Crippen molar-refractivity contribution in [1.82, 2.24) is 39.4 Å². The molecular formula is C24H22ClF3N8O3. The van der Waals surface area contributed by atoms with Gasteiger partial charge in [0.2, 0.25) is 0 Å². The minimum atomic E-state index is -4.94. The molecule has 204 valence electrons. The van der Waals surface area contributed by atoms with Gasteiger partial charge in [-0.2, -0.15) is 13.2 Å². The third-order valence-corrected chi connectivity index (χ3v) is 6.50. The first-order valence-electron chi connectivity index (χ1n) is 11.8. The minimum Gasteiger partial charge on any atom is -0.382 e. The standard InChI is InChI=1S/C24H22ClF3N8O3/c1-23(8-9-23)31-21(38)19-16(3-2-10-29-19)36-13-30-18(32-36)12-35-22(39)34(11-17(37)24(26,27)28)20(33-35)14-4-6-15(25)7-5-14/h2-7,10,13,17,37H,8-9,11-12H2,1H3,(H,31,38). The number of aromatic nitrogens is 7. The van der Waals surface area contributed by atoms with Crippen molar-refractivity contribution in [2.75, 3.05) is 0 Å². The lowest BCUT2D eigenvalue weighted by atomic mass is 10.2. The summed E-state index contributed by atoms with van der Waals surface area (Å²) in [5, 5.41) is 21.5. The topological polar surface area (TPSA) is 133 Å². The average molecular weight is 563 g/mol. The van der Waals surface area contributed by atoms with Gasteiger partial charge in [-0.1, -0.05) is 11.6 Å². The van der Waals surface area contributed by atoms with E-state index >= 15 is 0 Å². The maximum atomic E-state index is 13.1. The smallest absolute Gasteiger partial charge is 0.382 e. The molecule has 11 nitrogen and oxygen atoms in total. The number of amides is 1. The Kier molecular flexibility index (Phi) is 6.76. The molecule has 1 saturated carbocycles. The van der Waals surface area contributed by atoms with Crippen LogP contribution in [0, 0.1) is 0 Å². The molecule has 1 aromatic carbocycles. The molecule has 39 heavy (non-hydrogen) atoms. The van der Waals surface area contributed by atoms with Gasteiger partial charge in [0.05, 0.1) is 12.2 Å². The number of hydrogen-bond donors (Lipinski definition) is 2. The van der Waals surface area contributed by atoms with E-state index in [9.17, 15) is 27.9 Å². The van der Waals surface area contributed by atoms with Crippen LogP contribution >= 0.6 is 11.6 Å². The highest BCUT2D eigenvalue weighted by Crippen LogP contribution is 2.34. The number of rotatable bonds is 8. The molecule has 15 heteroatoms. The van der Waals surface area contributed by atoms with Gasteiger partial charge in [0.1, 0.15) is 12.9 Å². The first-order valence-corrected chi connectivity index (χ1v) is 12.2. The fraction of sp³-hybridized carbons (Fsp3) is 0.333. The maximum Gasteiger partial charge on any atom is 0.416 e. The van der Waals surface area contributed by atoms with E-state index in [-0.39, 0.29) is 35.3 Å². The Morgan fingerprint density at radius 2 is 1.90 bits per heavy atom. The van der Waals surface area contributed by atoms with Gasteiger partial charge in [0.25, 0.3) is 5.91 Å². The summed E-state index contributed by atoms with van der Waals surface area (Å²) in [5.74, 6) is -0.363. The van der Waals surface area contributed by atoms with Crippen LogP contribution in [0.3, 0.4) is 0 Å². The first kappa shape index (κ1) is 26.6. The number of pyridine rings is 1. The summed E-state index contributed by atoms with van der Waals surface area (Å²) in [6.45, 7) is 0.584. The Bertz CT molecular complexity index is 1570. The third kappa shape index (κ3) is 5.71. The van der Waals surface area contributed by atoms with Crippen molar-refractivity contribution in [1.29, 1.82) is 0 Å². The van der Waals surface area contributed by atoms with E-state index in [2.05, 4.69) is 25.5 Å². The molecule has 1 aliphatic carbocycles. The molecule has 0 aliphatic heterocycles. The van der Waals surface area contributed by atoms with Crippen LogP contribution < -0.4 is 11.0 Å². The van der Waals surface area contributed by atoms with Crippen LogP contribution in [0.1, 0.15) is 36.1 Å². The average Bonchev–Trinajstić information content (AvgIpc) is 3.29. The fourth-order valence-corrected chi connectivity index (χ4v) is 3.95. The van der Waals surface area contributed by atoms with Crippen LogP contribution in [-0.2, 0) is 13.1 Å². The van der Waals surface area contributed by atoms with E-state index in [0.717, 1.165) is 22.1 Å². The van der Waals surface area contributed by atoms with Crippen LogP contribution in [0.15, 0.2) is 53.7 Å². The van der Waals surface area contributed by atoms with Crippen LogP contribution in [0.5, 0.6) is 0 Å². The number of nitrogens with zero attached hydrogens (tertiary/aromatic N) is 7. The molecule has 1 amide bonds.